The van der Waals surface area contributed by atoms with Gasteiger partial charge < -0.3 is 29.6 Å². The lowest BCUT2D eigenvalue weighted by atomic mass is 9.90. The molecule has 9 heteroatoms. The van der Waals surface area contributed by atoms with Gasteiger partial charge in [0.05, 0.1) is 26.0 Å². The van der Waals surface area contributed by atoms with Crippen LogP contribution in [-0.2, 0) is 17.7 Å². The van der Waals surface area contributed by atoms with Gasteiger partial charge in [-0.3, -0.25) is 0 Å². The molecule has 0 saturated heterocycles. The molecular formula is C20H20N4O5. The van der Waals surface area contributed by atoms with Crippen molar-refractivity contribution in [2.24, 2.45) is 0 Å². The molecule has 0 bridgehead atoms. The number of ether oxygens (including phenoxy) is 4. The van der Waals surface area contributed by atoms with Crippen molar-refractivity contribution in [2.45, 2.75) is 19.9 Å². The number of hydrogen-bond donors (Lipinski definition) is 1. The lowest BCUT2D eigenvalue weighted by molar-refractivity contribution is 0.102. The van der Waals surface area contributed by atoms with Crippen molar-refractivity contribution >= 4 is 11.9 Å². The van der Waals surface area contributed by atoms with Crippen LogP contribution in [0.2, 0.25) is 0 Å². The summed E-state index contributed by atoms with van der Waals surface area (Å²) in [5.74, 6) is 1.67. The molecule has 9 nitrogen and oxygen atoms in total. The van der Waals surface area contributed by atoms with Gasteiger partial charge in [0, 0.05) is 24.1 Å². The Labute approximate surface area is 167 Å². The number of carbonyl (C=O) groups is 1. The molecule has 3 heterocycles. The minimum Gasteiger partial charge on any atom is -0.493 e. The Balaban J connectivity index is 1.89. The van der Waals surface area contributed by atoms with Crippen LogP contribution in [0, 0.1) is 11.3 Å². The molecule has 0 spiro atoms. The molecule has 1 aromatic heterocycles. The smallest absolute Gasteiger partial charge is 0.410 e. The average Bonchev–Trinajstić information content (AvgIpc) is 3.20. The summed E-state index contributed by atoms with van der Waals surface area (Å²) in [7, 11) is 1.53. The van der Waals surface area contributed by atoms with Crippen LogP contribution in [0.25, 0.3) is 11.1 Å². The Morgan fingerprint density at radius 2 is 2.24 bits per heavy atom. The lowest BCUT2D eigenvalue weighted by Gasteiger charge is -2.30. The summed E-state index contributed by atoms with van der Waals surface area (Å²) in [6.07, 6.45) is 0.112. The van der Waals surface area contributed by atoms with Gasteiger partial charge in [0.1, 0.15) is 17.5 Å². The van der Waals surface area contributed by atoms with E-state index in [2.05, 4.69) is 11.1 Å². The van der Waals surface area contributed by atoms with Crippen molar-refractivity contribution in [2.75, 3.05) is 32.8 Å². The molecule has 4 rings (SSSR count). The van der Waals surface area contributed by atoms with Crippen LogP contribution in [0.1, 0.15) is 23.7 Å². The first-order chi connectivity index (χ1) is 14.1. The van der Waals surface area contributed by atoms with Crippen LogP contribution < -0.4 is 19.9 Å². The second-order valence-electron chi connectivity index (χ2n) is 6.57. The molecule has 1 aromatic carbocycles. The number of benzene rings is 1. The van der Waals surface area contributed by atoms with Gasteiger partial charge in [-0.15, -0.1) is 0 Å². The normalized spacial score (nSPS) is 14.2. The van der Waals surface area contributed by atoms with E-state index in [1.54, 1.807) is 24.0 Å². The van der Waals surface area contributed by atoms with Crippen LogP contribution in [0.4, 0.5) is 10.6 Å². The van der Waals surface area contributed by atoms with Crippen molar-refractivity contribution in [1.82, 2.24) is 9.88 Å². The second kappa shape index (κ2) is 7.39. The third-order valence-corrected chi connectivity index (χ3v) is 4.96. The number of nitriles is 1. The fourth-order valence-electron chi connectivity index (χ4n) is 3.66. The molecule has 2 aliphatic heterocycles. The molecule has 29 heavy (non-hydrogen) atoms. The van der Waals surface area contributed by atoms with E-state index in [1.165, 1.54) is 7.11 Å². The van der Waals surface area contributed by atoms with Crippen molar-refractivity contribution in [1.29, 1.82) is 5.26 Å². The van der Waals surface area contributed by atoms with E-state index >= 15 is 0 Å². The minimum absolute atomic E-state index is 0.0908. The van der Waals surface area contributed by atoms with Crippen LogP contribution in [0.3, 0.4) is 0 Å². The number of carbonyl (C=O) groups excluding carboxylic acids is 1. The Hall–Kier alpha value is -3.67. The predicted octanol–water partition coefficient (Wildman–Crippen LogP) is 2.45. The summed E-state index contributed by atoms with van der Waals surface area (Å²) in [5.41, 5.74) is 9.15. The number of methoxy groups -OCH3 is 1. The van der Waals surface area contributed by atoms with Gasteiger partial charge in [0.2, 0.25) is 12.5 Å². The number of nitrogen functional groups attached to an aromatic ring is 1. The molecule has 2 aliphatic rings. The number of nitrogens with zero attached hydrogens (tertiary/aromatic N) is 3. The van der Waals surface area contributed by atoms with Crippen molar-refractivity contribution in [3.05, 3.63) is 29.0 Å². The van der Waals surface area contributed by atoms with Crippen LogP contribution in [-0.4, -0.2) is 43.0 Å². The first kappa shape index (κ1) is 18.7. The zero-order valence-corrected chi connectivity index (χ0v) is 16.2. The van der Waals surface area contributed by atoms with Gasteiger partial charge in [0.15, 0.2) is 11.5 Å². The number of anilines is 1. The topological polar surface area (TPSA) is 120 Å². The van der Waals surface area contributed by atoms with Crippen molar-refractivity contribution in [3.63, 3.8) is 0 Å². The summed E-state index contributed by atoms with van der Waals surface area (Å²) in [6, 6.07) is 5.70. The summed E-state index contributed by atoms with van der Waals surface area (Å²) in [6.45, 7) is 2.87. The molecule has 2 aromatic rings. The first-order valence-corrected chi connectivity index (χ1v) is 9.18. The zero-order chi connectivity index (χ0) is 20.5. The molecule has 0 saturated carbocycles. The Kier molecular flexibility index (Phi) is 4.76. The molecule has 1 amide bonds. The Bertz CT molecular complexity index is 1030. The number of pyridine rings is 1. The maximum absolute atomic E-state index is 12.3. The fourth-order valence-corrected chi connectivity index (χ4v) is 3.66. The van der Waals surface area contributed by atoms with E-state index in [4.69, 9.17) is 24.7 Å². The van der Waals surface area contributed by atoms with E-state index in [9.17, 15) is 10.1 Å². The highest BCUT2D eigenvalue weighted by Gasteiger charge is 2.30. The molecule has 0 aliphatic carbocycles. The maximum atomic E-state index is 12.3. The summed E-state index contributed by atoms with van der Waals surface area (Å²) < 4.78 is 21.6. The Morgan fingerprint density at radius 3 is 2.97 bits per heavy atom. The van der Waals surface area contributed by atoms with Gasteiger partial charge in [0.25, 0.3) is 0 Å². The number of hydrogen-bond acceptors (Lipinski definition) is 8. The third-order valence-electron chi connectivity index (χ3n) is 4.96. The van der Waals surface area contributed by atoms with Gasteiger partial charge in [-0.1, -0.05) is 0 Å². The van der Waals surface area contributed by atoms with Gasteiger partial charge in [-0.2, -0.15) is 5.26 Å². The fraction of sp³-hybridized carbons (Fsp3) is 0.350. The number of fused-ring (bicyclic) bond motifs is 2. The van der Waals surface area contributed by atoms with E-state index in [1.807, 2.05) is 0 Å². The molecule has 2 N–H and O–H groups in total. The van der Waals surface area contributed by atoms with E-state index < -0.39 is 6.09 Å². The molecular weight excluding hydrogens is 376 g/mol. The van der Waals surface area contributed by atoms with Crippen LogP contribution in [0.5, 0.6) is 17.2 Å². The molecule has 0 atom stereocenters. The van der Waals surface area contributed by atoms with E-state index in [0.29, 0.717) is 41.3 Å². The third kappa shape index (κ3) is 3.12. The monoisotopic (exact) mass is 396 g/mol. The Morgan fingerprint density at radius 1 is 1.41 bits per heavy atom. The largest absolute Gasteiger partial charge is 0.493 e. The van der Waals surface area contributed by atoms with Crippen molar-refractivity contribution < 1.29 is 23.7 Å². The zero-order valence-electron chi connectivity index (χ0n) is 16.2. The average molecular weight is 396 g/mol. The maximum Gasteiger partial charge on any atom is 0.410 e. The number of amides is 1. The van der Waals surface area contributed by atoms with Gasteiger partial charge in [-0.05, 0) is 24.6 Å². The number of nitrogens with two attached hydrogens (primary N) is 1. The minimum atomic E-state index is -0.400. The predicted molar refractivity (Wildman–Crippen MR) is 103 cm³/mol. The van der Waals surface area contributed by atoms with Gasteiger partial charge >= 0.3 is 6.09 Å². The van der Waals surface area contributed by atoms with Gasteiger partial charge in [-0.25, -0.2) is 9.78 Å². The summed E-state index contributed by atoms with van der Waals surface area (Å²) in [4.78, 5) is 18.3. The highest BCUT2D eigenvalue weighted by atomic mass is 16.7. The van der Waals surface area contributed by atoms with Crippen LogP contribution in [0.15, 0.2) is 12.1 Å². The first-order valence-electron chi connectivity index (χ1n) is 9.18. The van der Waals surface area contributed by atoms with Crippen molar-refractivity contribution in [3.8, 4) is 34.4 Å². The van der Waals surface area contributed by atoms with E-state index in [0.717, 1.165) is 11.3 Å². The SMILES string of the molecule is CCOC(=O)N1CCc2nc(N)c(C#N)c(-c3cc(OC)c4c(c3)OCO4)c2C1. The second-order valence-corrected chi connectivity index (χ2v) is 6.57. The molecule has 0 unspecified atom stereocenters. The highest BCUT2D eigenvalue weighted by Crippen LogP contribution is 2.46. The van der Waals surface area contributed by atoms with E-state index in [-0.39, 0.29) is 31.3 Å². The number of rotatable bonds is 3. The summed E-state index contributed by atoms with van der Waals surface area (Å²) in [5, 5.41) is 9.78. The summed E-state index contributed by atoms with van der Waals surface area (Å²) >= 11 is 0. The lowest BCUT2D eigenvalue weighted by Crippen LogP contribution is -2.37. The number of aromatic nitrogens is 1. The molecule has 0 fully saturated rings. The molecule has 0 radical (unpaired) electrons. The standard InChI is InChI=1S/C20H20N4O5/c1-3-27-20(25)24-5-4-14-13(9-24)17(12(8-21)19(22)23-14)11-6-15(26-2)18-16(7-11)28-10-29-18/h6-7H,3-5,9-10H2,1-2H3,(H2,22,23). The molecule has 150 valence electrons. The quantitative estimate of drug-likeness (QED) is 0.840. The van der Waals surface area contributed by atoms with Crippen LogP contribution >= 0.6 is 0 Å². The highest BCUT2D eigenvalue weighted by molar-refractivity contribution is 5.82.